The fourth-order valence-electron chi connectivity index (χ4n) is 4.71. The molecule has 0 radical (unpaired) electrons. The average Bonchev–Trinajstić information content (AvgIpc) is 3.02. The van der Waals surface area contributed by atoms with Crippen molar-refractivity contribution in [1.82, 2.24) is 20.2 Å². The number of likely N-dealkylation sites (N-methyl/N-ethyl adjacent to an activating group) is 1. The van der Waals surface area contributed by atoms with Crippen molar-refractivity contribution in [3.05, 3.63) is 116 Å². The van der Waals surface area contributed by atoms with E-state index in [1.807, 2.05) is 26.8 Å². The molecule has 0 fully saturated rings. The van der Waals surface area contributed by atoms with Crippen LogP contribution in [0, 0.1) is 12.7 Å². The van der Waals surface area contributed by atoms with E-state index < -0.39 is 23.3 Å². The number of carbonyl (C=O) groups excluding carboxylic acids is 3. The van der Waals surface area contributed by atoms with Crippen molar-refractivity contribution in [2.24, 2.45) is 0 Å². The van der Waals surface area contributed by atoms with Gasteiger partial charge >= 0.3 is 0 Å². The summed E-state index contributed by atoms with van der Waals surface area (Å²) in [5.41, 5.74) is 3.98. The molecule has 1 atom stereocenters. The number of benzene rings is 3. The van der Waals surface area contributed by atoms with Crippen molar-refractivity contribution < 1.29 is 18.8 Å². The summed E-state index contributed by atoms with van der Waals surface area (Å²) in [6.45, 7) is 7.56. The maximum absolute atomic E-state index is 14.0. The van der Waals surface area contributed by atoms with Crippen LogP contribution in [-0.2, 0) is 11.3 Å². The van der Waals surface area contributed by atoms with Crippen LogP contribution in [0.5, 0.6) is 0 Å². The summed E-state index contributed by atoms with van der Waals surface area (Å²) in [5.74, 6) is -1.52. The number of aryl methyl sites for hydroxylation is 1. The van der Waals surface area contributed by atoms with Crippen molar-refractivity contribution in [2.45, 2.75) is 46.2 Å². The minimum absolute atomic E-state index is 0.0367. The number of anilines is 1. The van der Waals surface area contributed by atoms with Gasteiger partial charge in [-0.1, -0.05) is 26.0 Å². The van der Waals surface area contributed by atoms with Gasteiger partial charge in [-0.05, 0) is 92.0 Å². The Morgan fingerprint density at radius 3 is 2.23 bits per heavy atom. The van der Waals surface area contributed by atoms with E-state index in [9.17, 15) is 23.6 Å². The zero-order valence-electron chi connectivity index (χ0n) is 25.6. The third kappa shape index (κ3) is 6.98. The van der Waals surface area contributed by atoms with E-state index in [1.165, 1.54) is 42.1 Å². The lowest BCUT2D eigenvalue weighted by Crippen LogP contribution is -2.38. The van der Waals surface area contributed by atoms with Gasteiger partial charge in [-0.15, -0.1) is 0 Å². The number of nitrogens with one attached hydrogen (secondary N) is 3. The third-order valence-corrected chi connectivity index (χ3v) is 7.52. The second-order valence-electron chi connectivity index (χ2n) is 10.9. The monoisotopic (exact) mass is 597 g/mol. The molecule has 10 heteroatoms. The molecule has 0 saturated heterocycles. The van der Waals surface area contributed by atoms with Crippen LogP contribution in [0.4, 0.5) is 10.2 Å². The van der Waals surface area contributed by atoms with Gasteiger partial charge in [0.15, 0.2) is 11.6 Å². The Morgan fingerprint density at radius 2 is 1.59 bits per heavy atom. The molecule has 0 spiro atoms. The van der Waals surface area contributed by atoms with Gasteiger partial charge in [0, 0.05) is 29.3 Å². The van der Waals surface area contributed by atoms with E-state index in [-0.39, 0.29) is 30.0 Å². The molecule has 9 nitrogen and oxygen atoms in total. The molecule has 2 amide bonds. The normalized spacial score (nSPS) is 11.7. The molecule has 3 N–H and O–H groups in total. The van der Waals surface area contributed by atoms with Crippen LogP contribution in [0.25, 0.3) is 11.3 Å². The van der Waals surface area contributed by atoms with Crippen LogP contribution in [-0.4, -0.2) is 47.3 Å². The molecule has 0 aliphatic carbocycles. The van der Waals surface area contributed by atoms with Crippen LogP contribution < -0.4 is 21.5 Å². The summed E-state index contributed by atoms with van der Waals surface area (Å²) in [7, 11) is 3.17. The minimum Gasteiger partial charge on any atom is -0.355 e. The lowest BCUT2D eigenvalue weighted by atomic mass is 9.94. The first-order chi connectivity index (χ1) is 20.9. The molecule has 44 heavy (non-hydrogen) atoms. The van der Waals surface area contributed by atoms with Gasteiger partial charge in [-0.3, -0.25) is 23.7 Å². The summed E-state index contributed by atoms with van der Waals surface area (Å²) >= 11 is 0. The van der Waals surface area contributed by atoms with Crippen LogP contribution in [0.15, 0.2) is 71.7 Å². The van der Waals surface area contributed by atoms with E-state index in [4.69, 9.17) is 0 Å². The predicted octanol–water partition coefficient (Wildman–Crippen LogP) is 4.67. The molecule has 228 valence electrons. The molecule has 3 aromatic carbocycles. The predicted molar refractivity (Wildman–Crippen MR) is 169 cm³/mol. The van der Waals surface area contributed by atoms with Crippen molar-refractivity contribution in [2.75, 3.05) is 19.4 Å². The number of ketones is 1. The zero-order valence-corrected chi connectivity index (χ0v) is 25.6. The molecule has 4 rings (SSSR count). The van der Waals surface area contributed by atoms with Crippen molar-refractivity contribution in [3.63, 3.8) is 0 Å². The first-order valence-electron chi connectivity index (χ1n) is 14.3. The van der Waals surface area contributed by atoms with E-state index in [1.54, 1.807) is 44.3 Å². The number of nitrogens with zero attached hydrogens (tertiary/aromatic N) is 2. The summed E-state index contributed by atoms with van der Waals surface area (Å²) in [6.07, 6.45) is 1.49. The van der Waals surface area contributed by atoms with E-state index in [0.29, 0.717) is 33.5 Å². The first kappa shape index (κ1) is 32.0. The van der Waals surface area contributed by atoms with Crippen LogP contribution in [0.1, 0.15) is 69.7 Å². The van der Waals surface area contributed by atoms with Crippen LogP contribution >= 0.6 is 0 Å². The topological polar surface area (TPSA) is 122 Å². The largest absolute Gasteiger partial charge is 0.355 e. The smallest absolute Gasteiger partial charge is 0.294 e. The number of rotatable bonds is 10. The van der Waals surface area contributed by atoms with Crippen molar-refractivity contribution in [3.8, 4) is 11.3 Å². The zero-order chi connectivity index (χ0) is 32.1. The Morgan fingerprint density at radius 1 is 0.909 bits per heavy atom. The number of hydrogen-bond donors (Lipinski definition) is 3. The second-order valence-corrected chi connectivity index (χ2v) is 10.9. The summed E-state index contributed by atoms with van der Waals surface area (Å²) in [4.78, 5) is 56.8. The van der Waals surface area contributed by atoms with E-state index in [2.05, 4.69) is 20.9 Å². The van der Waals surface area contributed by atoms with Crippen LogP contribution in [0.2, 0.25) is 0 Å². The Kier molecular flexibility index (Phi) is 9.85. The third-order valence-electron chi connectivity index (χ3n) is 7.52. The van der Waals surface area contributed by atoms with E-state index in [0.717, 1.165) is 11.1 Å². The first-order valence-corrected chi connectivity index (χ1v) is 14.3. The highest BCUT2D eigenvalue weighted by molar-refractivity contribution is 6.09. The molecule has 1 unspecified atom stereocenters. The Labute approximate surface area is 255 Å². The van der Waals surface area contributed by atoms with Gasteiger partial charge in [-0.25, -0.2) is 9.37 Å². The van der Waals surface area contributed by atoms with Gasteiger partial charge < -0.3 is 16.0 Å². The highest BCUT2D eigenvalue weighted by atomic mass is 19.1. The molecule has 1 aromatic heterocycles. The molecule has 0 bridgehead atoms. The summed E-state index contributed by atoms with van der Waals surface area (Å²) < 4.78 is 15.0. The molecule has 1 heterocycles. The van der Waals surface area contributed by atoms with Crippen molar-refractivity contribution in [1.29, 1.82) is 0 Å². The summed E-state index contributed by atoms with van der Waals surface area (Å²) in [6, 6.07) is 15.4. The van der Waals surface area contributed by atoms with Gasteiger partial charge in [0.2, 0.25) is 5.91 Å². The number of halogens is 1. The highest BCUT2D eigenvalue weighted by Gasteiger charge is 2.20. The van der Waals surface area contributed by atoms with E-state index >= 15 is 0 Å². The van der Waals surface area contributed by atoms with Gasteiger partial charge in [0.05, 0.1) is 24.5 Å². The number of hydrogen-bond acceptors (Lipinski definition) is 6. The van der Waals surface area contributed by atoms with Crippen molar-refractivity contribution >= 4 is 23.4 Å². The Balaban J connectivity index is 1.89. The molecular weight excluding hydrogens is 561 g/mol. The SMILES string of the molecule is CNC(=O)c1ccc(C)c(-c2cnc(NC(=O)C(C)NC)c(=O)n2Cc2cc(C(=O)c3ccc(F)cc3)cc(C(C)C)c2)c1. The standard InChI is InChI=1S/C34H36FN5O4/c1-19(2)25-13-22(14-26(15-25)30(41)23-9-11-27(35)12-10-23)18-40-29(28-16-24(33(43)37-6)8-7-20(28)3)17-38-31(34(40)44)39-32(42)21(4)36-5/h7-17,19,21,36H,18H2,1-6H3,(H,37,43)(H,38,39,42). The summed E-state index contributed by atoms with van der Waals surface area (Å²) in [5, 5.41) is 8.06. The fourth-order valence-corrected chi connectivity index (χ4v) is 4.71. The fraction of sp³-hybridized carbons (Fsp3) is 0.265. The van der Waals surface area contributed by atoms with Crippen LogP contribution in [0.3, 0.4) is 0 Å². The van der Waals surface area contributed by atoms with Gasteiger partial charge in [-0.2, -0.15) is 0 Å². The number of carbonyl (C=O) groups is 3. The minimum atomic E-state index is -0.571. The van der Waals surface area contributed by atoms with Gasteiger partial charge in [0.1, 0.15) is 5.82 Å². The Hall–Kier alpha value is -4.96. The van der Waals surface area contributed by atoms with Gasteiger partial charge in [0.25, 0.3) is 11.5 Å². The molecule has 0 aliphatic rings. The second kappa shape index (κ2) is 13.6. The number of aromatic nitrogens is 2. The lowest BCUT2D eigenvalue weighted by Gasteiger charge is -2.19. The maximum Gasteiger partial charge on any atom is 0.294 e. The highest BCUT2D eigenvalue weighted by Crippen LogP contribution is 2.27. The molecule has 0 saturated carbocycles. The molecule has 0 aliphatic heterocycles. The number of amides is 2. The molecule has 4 aromatic rings. The Bertz CT molecular complexity index is 1780. The lowest BCUT2D eigenvalue weighted by molar-refractivity contribution is -0.117. The molecular formula is C34H36FN5O4. The quantitative estimate of drug-likeness (QED) is 0.229. The maximum atomic E-state index is 14.0. The average molecular weight is 598 g/mol.